The van der Waals surface area contributed by atoms with Gasteiger partial charge in [0.25, 0.3) is 0 Å². The molecular formula is C12H17BrN2O. The van der Waals surface area contributed by atoms with Gasteiger partial charge in [0, 0.05) is 10.5 Å². The molecule has 0 aliphatic rings. The van der Waals surface area contributed by atoms with Crippen LogP contribution in [0.25, 0.3) is 0 Å². The van der Waals surface area contributed by atoms with E-state index in [-0.39, 0.29) is 11.9 Å². The van der Waals surface area contributed by atoms with Gasteiger partial charge in [0.2, 0.25) is 5.91 Å². The summed E-state index contributed by atoms with van der Waals surface area (Å²) >= 11 is 3.43. The maximum absolute atomic E-state index is 11.4. The second-order valence-corrected chi connectivity index (χ2v) is 4.69. The Balaban J connectivity index is 2.94. The molecule has 0 radical (unpaired) electrons. The number of halogens is 1. The van der Waals surface area contributed by atoms with E-state index in [9.17, 15) is 4.79 Å². The fourth-order valence-electron chi connectivity index (χ4n) is 1.44. The first-order valence-corrected chi connectivity index (χ1v) is 6.15. The molecule has 0 aliphatic heterocycles. The SMILES string of the molecule is CCC(C)NC(C(N)=O)c1ccccc1Br. The number of carbonyl (C=O) groups excluding carboxylic acids is 1. The Morgan fingerprint density at radius 1 is 1.50 bits per heavy atom. The summed E-state index contributed by atoms with van der Waals surface area (Å²) in [7, 11) is 0. The first kappa shape index (κ1) is 13.2. The van der Waals surface area contributed by atoms with Crippen molar-refractivity contribution in [1.82, 2.24) is 5.32 Å². The Bertz CT molecular complexity index is 368. The lowest BCUT2D eigenvalue weighted by molar-refractivity contribution is -0.120. The quantitative estimate of drug-likeness (QED) is 0.872. The lowest BCUT2D eigenvalue weighted by atomic mass is 10.1. The Morgan fingerprint density at radius 2 is 2.12 bits per heavy atom. The molecule has 0 saturated heterocycles. The molecule has 0 saturated carbocycles. The minimum absolute atomic E-state index is 0.254. The van der Waals surface area contributed by atoms with Gasteiger partial charge in [-0.3, -0.25) is 10.1 Å². The van der Waals surface area contributed by atoms with Crippen LogP contribution in [0.4, 0.5) is 0 Å². The highest BCUT2D eigenvalue weighted by molar-refractivity contribution is 9.10. The Hall–Kier alpha value is -0.870. The molecule has 3 N–H and O–H groups in total. The molecule has 0 heterocycles. The lowest BCUT2D eigenvalue weighted by Crippen LogP contribution is -2.38. The zero-order valence-electron chi connectivity index (χ0n) is 9.53. The summed E-state index contributed by atoms with van der Waals surface area (Å²) < 4.78 is 0.898. The molecular weight excluding hydrogens is 268 g/mol. The fraction of sp³-hybridized carbons (Fsp3) is 0.417. The number of benzene rings is 1. The normalized spacial score (nSPS) is 14.4. The number of carbonyl (C=O) groups is 1. The molecule has 1 aromatic rings. The second kappa shape index (κ2) is 6.01. The molecule has 4 heteroatoms. The van der Waals surface area contributed by atoms with Crippen molar-refractivity contribution in [3.63, 3.8) is 0 Å². The summed E-state index contributed by atoms with van der Waals surface area (Å²) in [5, 5.41) is 3.22. The van der Waals surface area contributed by atoms with Crippen molar-refractivity contribution in [2.45, 2.75) is 32.4 Å². The number of nitrogens with one attached hydrogen (secondary N) is 1. The van der Waals surface area contributed by atoms with Gasteiger partial charge in [0.1, 0.15) is 6.04 Å². The summed E-state index contributed by atoms with van der Waals surface area (Å²) in [4.78, 5) is 11.4. The molecule has 0 fully saturated rings. The van der Waals surface area contributed by atoms with Crippen LogP contribution in [0.15, 0.2) is 28.7 Å². The van der Waals surface area contributed by atoms with E-state index >= 15 is 0 Å². The average Bonchev–Trinajstić information content (AvgIpc) is 2.26. The molecule has 0 aliphatic carbocycles. The van der Waals surface area contributed by atoms with Crippen molar-refractivity contribution in [3.8, 4) is 0 Å². The number of nitrogens with two attached hydrogens (primary N) is 1. The Morgan fingerprint density at radius 3 is 2.62 bits per heavy atom. The monoisotopic (exact) mass is 284 g/mol. The van der Waals surface area contributed by atoms with Gasteiger partial charge in [-0.05, 0) is 25.0 Å². The second-order valence-electron chi connectivity index (χ2n) is 3.83. The van der Waals surface area contributed by atoms with Crippen LogP contribution in [0.2, 0.25) is 0 Å². The minimum Gasteiger partial charge on any atom is -0.368 e. The molecule has 0 spiro atoms. The zero-order chi connectivity index (χ0) is 12.1. The van der Waals surface area contributed by atoms with Gasteiger partial charge in [-0.15, -0.1) is 0 Å². The van der Waals surface area contributed by atoms with Crippen LogP contribution in [0.1, 0.15) is 31.9 Å². The topological polar surface area (TPSA) is 55.1 Å². The molecule has 1 amide bonds. The predicted molar refractivity (Wildman–Crippen MR) is 69.0 cm³/mol. The number of hydrogen-bond donors (Lipinski definition) is 2. The molecule has 0 aromatic heterocycles. The highest BCUT2D eigenvalue weighted by Crippen LogP contribution is 2.23. The van der Waals surface area contributed by atoms with Gasteiger partial charge in [-0.1, -0.05) is 41.1 Å². The molecule has 2 unspecified atom stereocenters. The molecule has 3 nitrogen and oxygen atoms in total. The summed E-state index contributed by atoms with van der Waals surface area (Å²) in [6.45, 7) is 4.10. The minimum atomic E-state index is -0.439. The van der Waals surface area contributed by atoms with Crippen molar-refractivity contribution in [1.29, 1.82) is 0 Å². The van der Waals surface area contributed by atoms with Gasteiger partial charge in [-0.2, -0.15) is 0 Å². The summed E-state index contributed by atoms with van der Waals surface area (Å²) in [5.74, 6) is -0.354. The third kappa shape index (κ3) is 3.32. The van der Waals surface area contributed by atoms with Crippen LogP contribution in [-0.4, -0.2) is 11.9 Å². The predicted octanol–water partition coefficient (Wildman–Crippen LogP) is 2.36. The van der Waals surface area contributed by atoms with Crippen molar-refractivity contribution >= 4 is 21.8 Å². The van der Waals surface area contributed by atoms with Crippen LogP contribution >= 0.6 is 15.9 Å². The molecule has 1 aromatic carbocycles. The van der Waals surface area contributed by atoms with Crippen LogP contribution in [0, 0.1) is 0 Å². The third-order valence-electron chi connectivity index (χ3n) is 2.56. The summed E-state index contributed by atoms with van der Waals surface area (Å²) in [5.41, 5.74) is 6.30. The van der Waals surface area contributed by atoms with Crippen LogP contribution in [-0.2, 0) is 4.79 Å². The van der Waals surface area contributed by atoms with Crippen LogP contribution in [0.5, 0.6) is 0 Å². The maximum atomic E-state index is 11.4. The highest BCUT2D eigenvalue weighted by atomic mass is 79.9. The molecule has 88 valence electrons. The van der Waals surface area contributed by atoms with E-state index in [1.54, 1.807) is 0 Å². The van der Waals surface area contributed by atoms with Crippen molar-refractivity contribution in [2.24, 2.45) is 5.73 Å². The summed E-state index contributed by atoms with van der Waals surface area (Å²) in [6, 6.07) is 7.43. The van der Waals surface area contributed by atoms with E-state index < -0.39 is 6.04 Å². The van der Waals surface area contributed by atoms with E-state index in [1.165, 1.54) is 0 Å². The molecule has 16 heavy (non-hydrogen) atoms. The van der Waals surface area contributed by atoms with E-state index in [2.05, 4.69) is 28.2 Å². The van der Waals surface area contributed by atoms with Crippen molar-refractivity contribution in [2.75, 3.05) is 0 Å². The van der Waals surface area contributed by atoms with E-state index in [0.717, 1.165) is 16.5 Å². The molecule has 0 bridgehead atoms. The number of primary amides is 1. The summed E-state index contributed by atoms with van der Waals surface area (Å²) in [6.07, 6.45) is 0.953. The van der Waals surface area contributed by atoms with Crippen LogP contribution < -0.4 is 11.1 Å². The third-order valence-corrected chi connectivity index (χ3v) is 3.29. The van der Waals surface area contributed by atoms with Crippen molar-refractivity contribution < 1.29 is 4.79 Å². The van der Waals surface area contributed by atoms with Gasteiger partial charge in [0.15, 0.2) is 0 Å². The van der Waals surface area contributed by atoms with Gasteiger partial charge < -0.3 is 5.73 Å². The van der Waals surface area contributed by atoms with Crippen LogP contribution in [0.3, 0.4) is 0 Å². The maximum Gasteiger partial charge on any atom is 0.239 e. The average molecular weight is 285 g/mol. The number of hydrogen-bond acceptors (Lipinski definition) is 2. The van der Waals surface area contributed by atoms with E-state index in [1.807, 2.05) is 31.2 Å². The van der Waals surface area contributed by atoms with E-state index in [4.69, 9.17) is 5.73 Å². The smallest absolute Gasteiger partial charge is 0.239 e. The van der Waals surface area contributed by atoms with Gasteiger partial charge in [0.05, 0.1) is 0 Å². The van der Waals surface area contributed by atoms with E-state index in [0.29, 0.717) is 0 Å². The molecule has 1 rings (SSSR count). The Kier molecular flexibility index (Phi) is 4.96. The first-order chi connectivity index (χ1) is 7.56. The number of rotatable bonds is 5. The number of amides is 1. The fourth-order valence-corrected chi connectivity index (χ4v) is 1.95. The lowest BCUT2D eigenvalue weighted by Gasteiger charge is -2.21. The first-order valence-electron chi connectivity index (χ1n) is 5.36. The van der Waals surface area contributed by atoms with Gasteiger partial charge in [-0.25, -0.2) is 0 Å². The standard InChI is InChI=1S/C12H17BrN2O/c1-3-8(2)15-11(12(14)16)9-6-4-5-7-10(9)13/h4-8,11,15H,3H2,1-2H3,(H2,14,16). The Labute approximate surface area is 105 Å². The largest absolute Gasteiger partial charge is 0.368 e. The molecule has 2 atom stereocenters. The van der Waals surface area contributed by atoms with Gasteiger partial charge >= 0.3 is 0 Å². The zero-order valence-corrected chi connectivity index (χ0v) is 11.1. The highest BCUT2D eigenvalue weighted by Gasteiger charge is 2.20. The van der Waals surface area contributed by atoms with Crippen molar-refractivity contribution in [3.05, 3.63) is 34.3 Å².